The van der Waals surface area contributed by atoms with Gasteiger partial charge in [0.15, 0.2) is 0 Å². The highest BCUT2D eigenvalue weighted by atomic mass is 16.2. The van der Waals surface area contributed by atoms with Gasteiger partial charge in [-0.1, -0.05) is 60.7 Å². The lowest BCUT2D eigenvalue weighted by molar-refractivity contribution is -0.128. The number of rotatable bonds is 6. The molecular weight excluding hydrogens is 410 g/mol. The number of aromatic nitrogens is 1. The summed E-state index contributed by atoms with van der Waals surface area (Å²) in [7, 11) is 0. The van der Waals surface area contributed by atoms with Crippen molar-refractivity contribution in [3.63, 3.8) is 0 Å². The molecule has 1 aliphatic heterocycles. The number of carbonyl (C=O) groups is 1. The Balaban J connectivity index is 1.45. The molecule has 0 radical (unpaired) electrons. The first-order valence-electron chi connectivity index (χ1n) is 11.1. The van der Waals surface area contributed by atoms with Crippen LogP contribution in [0.2, 0.25) is 0 Å². The Morgan fingerprint density at radius 3 is 2.15 bits per heavy atom. The third kappa shape index (κ3) is 5.46. The number of pyridine rings is 1. The molecule has 166 valence electrons. The van der Waals surface area contributed by atoms with Gasteiger partial charge in [-0.15, -0.1) is 0 Å². The summed E-state index contributed by atoms with van der Waals surface area (Å²) >= 11 is 0. The lowest BCUT2D eigenvalue weighted by Gasteiger charge is -2.39. The molecule has 0 spiro atoms. The minimum absolute atomic E-state index is 0.0782. The van der Waals surface area contributed by atoms with Crippen molar-refractivity contribution in [2.75, 3.05) is 31.5 Å². The molecule has 0 aliphatic carbocycles. The van der Waals surface area contributed by atoms with Gasteiger partial charge in [0.2, 0.25) is 0 Å². The Morgan fingerprint density at radius 1 is 1.00 bits per heavy atom. The average molecular weight is 438 g/mol. The summed E-state index contributed by atoms with van der Waals surface area (Å²) in [6.07, 6.45) is 3.14. The maximum absolute atomic E-state index is 13.0. The summed E-state index contributed by atoms with van der Waals surface area (Å²) in [5, 5.41) is 12.5. The van der Waals surface area contributed by atoms with E-state index in [0.717, 1.165) is 18.7 Å². The van der Waals surface area contributed by atoms with Crippen LogP contribution in [0.15, 0.2) is 90.8 Å². The molecule has 1 N–H and O–H groups in total. The van der Waals surface area contributed by atoms with Crippen LogP contribution >= 0.6 is 0 Å². The highest BCUT2D eigenvalue weighted by molar-refractivity contribution is 5.97. The number of carbonyl (C=O) groups excluding carboxylic acids is 1. The zero-order chi connectivity index (χ0) is 23.0. The molecule has 2 heterocycles. The van der Waals surface area contributed by atoms with Crippen LogP contribution in [0, 0.1) is 18.3 Å². The fourth-order valence-corrected chi connectivity index (χ4v) is 4.14. The summed E-state index contributed by atoms with van der Waals surface area (Å²) in [6.45, 7) is 4.55. The van der Waals surface area contributed by atoms with Gasteiger partial charge < -0.3 is 10.2 Å². The number of amides is 1. The third-order valence-electron chi connectivity index (χ3n) is 5.83. The van der Waals surface area contributed by atoms with E-state index < -0.39 is 0 Å². The smallest absolute Gasteiger partial charge is 0.266 e. The van der Waals surface area contributed by atoms with Crippen LogP contribution in [0.3, 0.4) is 0 Å². The van der Waals surface area contributed by atoms with Crippen molar-refractivity contribution in [2.24, 2.45) is 0 Å². The second-order valence-electron chi connectivity index (χ2n) is 8.08. The van der Waals surface area contributed by atoms with E-state index in [0.29, 0.717) is 18.9 Å². The number of anilines is 1. The highest BCUT2D eigenvalue weighted by Crippen LogP contribution is 2.29. The number of hydrogen-bond acceptors (Lipinski definition) is 5. The average Bonchev–Trinajstić information content (AvgIpc) is 2.86. The fourth-order valence-electron chi connectivity index (χ4n) is 4.14. The van der Waals surface area contributed by atoms with Crippen molar-refractivity contribution in [3.8, 4) is 6.07 Å². The molecule has 3 aromatic rings. The van der Waals surface area contributed by atoms with E-state index in [9.17, 15) is 10.1 Å². The molecule has 6 heteroatoms. The summed E-state index contributed by atoms with van der Waals surface area (Å²) in [4.78, 5) is 21.4. The van der Waals surface area contributed by atoms with Crippen LogP contribution in [0.1, 0.15) is 22.7 Å². The fraction of sp³-hybridized carbons (Fsp3) is 0.222. The van der Waals surface area contributed by atoms with Crippen LogP contribution in [-0.4, -0.2) is 46.9 Å². The maximum Gasteiger partial charge on any atom is 0.266 e. The van der Waals surface area contributed by atoms with Gasteiger partial charge in [-0.3, -0.25) is 9.69 Å². The first-order chi connectivity index (χ1) is 16.2. The summed E-state index contributed by atoms with van der Waals surface area (Å²) in [6, 6.07) is 26.8. The summed E-state index contributed by atoms with van der Waals surface area (Å²) in [5.41, 5.74) is 3.59. The summed E-state index contributed by atoms with van der Waals surface area (Å²) < 4.78 is 0. The SMILES string of the molecule is Cc1ccnc(N/C=C(/C#N)C(=O)N2CCN(C(c3ccccc3)c3ccccc3)CC2)c1. The molecule has 0 saturated carbocycles. The highest BCUT2D eigenvalue weighted by Gasteiger charge is 2.29. The Kier molecular flexibility index (Phi) is 7.13. The van der Waals surface area contributed by atoms with Gasteiger partial charge in [-0.2, -0.15) is 5.26 Å². The van der Waals surface area contributed by atoms with E-state index in [-0.39, 0.29) is 17.5 Å². The Labute approximate surface area is 194 Å². The van der Waals surface area contributed by atoms with Crippen molar-refractivity contribution in [1.29, 1.82) is 5.26 Å². The second kappa shape index (κ2) is 10.6. The number of nitrogens with zero attached hydrogens (tertiary/aromatic N) is 4. The van der Waals surface area contributed by atoms with Crippen molar-refractivity contribution in [3.05, 3.63) is 107 Å². The molecule has 1 aliphatic rings. The Morgan fingerprint density at radius 2 is 1.61 bits per heavy atom. The molecule has 0 unspecified atom stereocenters. The molecule has 6 nitrogen and oxygen atoms in total. The monoisotopic (exact) mass is 437 g/mol. The van der Waals surface area contributed by atoms with Gasteiger partial charge in [0.25, 0.3) is 5.91 Å². The Bertz CT molecular complexity index is 1110. The number of hydrogen-bond donors (Lipinski definition) is 1. The molecule has 1 fully saturated rings. The van der Waals surface area contributed by atoms with Crippen LogP contribution in [0.25, 0.3) is 0 Å². The zero-order valence-corrected chi connectivity index (χ0v) is 18.7. The van der Waals surface area contributed by atoms with E-state index in [1.54, 1.807) is 11.1 Å². The van der Waals surface area contributed by atoms with Crippen LogP contribution in [-0.2, 0) is 4.79 Å². The maximum atomic E-state index is 13.0. The molecule has 1 aromatic heterocycles. The number of benzene rings is 2. The lowest BCUT2D eigenvalue weighted by Crippen LogP contribution is -2.50. The van der Waals surface area contributed by atoms with Crippen molar-refractivity contribution >= 4 is 11.7 Å². The molecular formula is C27H27N5O. The predicted octanol–water partition coefficient (Wildman–Crippen LogP) is 4.14. The van der Waals surface area contributed by atoms with Gasteiger partial charge in [0.05, 0.1) is 6.04 Å². The van der Waals surface area contributed by atoms with Crippen LogP contribution < -0.4 is 5.32 Å². The van der Waals surface area contributed by atoms with E-state index in [4.69, 9.17) is 0 Å². The van der Waals surface area contributed by atoms with Gasteiger partial charge in [-0.05, 0) is 35.7 Å². The zero-order valence-electron chi connectivity index (χ0n) is 18.7. The minimum atomic E-state index is -0.256. The van der Waals surface area contributed by atoms with Crippen LogP contribution in [0.4, 0.5) is 5.82 Å². The normalized spacial score (nSPS) is 14.7. The van der Waals surface area contributed by atoms with E-state index in [1.807, 2.05) is 37.3 Å². The number of piperazine rings is 1. The van der Waals surface area contributed by atoms with Gasteiger partial charge in [0, 0.05) is 38.6 Å². The summed E-state index contributed by atoms with van der Waals surface area (Å²) in [5.74, 6) is 0.349. The molecule has 33 heavy (non-hydrogen) atoms. The molecule has 0 bridgehead atoms. The molecule has 1 amide bonds. The van der Waals surface area contributed by atoms with E-state index >= 15 is 0 Å². The van der Waals surface area contributed by atoms with Crippen molar-refractivity contribution in [2.45, 2.75) is 13.0 Å². The quantitative estimate of drug-likeness (QED) is 0.463. The van der Waals surface area contributed by atoms with E-state index in [2.05, 4.69) is 63.7 Å². The second-order valence-corrected chi connectivity index (χ2v) is 8.08. The minimum Gasteiger partial charge on any atom is -0.345 e. The van der Waals surface area contributed by atoms with E-state index in [1.165, 1.54) is 17.3 Å². The third-order valence-corrected chi connectivity index (χ3v) is 5.83. The molecule has 1 saturated heterocycles. The Hall–Kier alpha value is -3.95. The molecule has 2 aromatic carbocycles. The molecule has 0 atom stereocenters. The predicted molar refractivity (Wildman–Crippen MR) is 129 cm³/mol. The van der Waals surface area contributed by atoms with Gasteiger partial charge in [-0.25, -0.2) is 4.98 Å². The van der Waals surface area contributed by atoms with Crippen LogP contribution in [0.5, 0.6) is 0 Å². The van der Waals surface area contributed by atoms with Crippen molar-refractivity contribution in [1.82, 2.24) is 14.8 Å². The molecule has 4 rings (SSSR count). The number of aryl methyl sites for hydroxylation is 1. The largest absolute Gasteiger partial charge is 0.345 e. The first-order valence-corrected chi connectivity index (χ1v) is 11.1. The topological polar surface area (TPSA) is 72.3 Å². The van der Waals surface area contributed by atoms with Gasteiger partial charge in [0.1, 0.15) is 17.5 Å². The number of nitriles is 1. The first kappa shape index (κ1) is 22.3. The standard InChI is InChI=1S/C27H27N5O/c1-21-12-13-29-25(18-21)30-20-24(19-28)27(33)32-16-14-31(15-17-32)26(22-8-4-2-5-9-22)23-10-6-3-7-11-23/h2-13,18,20,26H,14-17H2,1H3,(H,29,30)/b24-20-. The number of nitrogens with one attached hydrogen (secondary N) is 1. The van der Waals surface area contributed by atoms with Gasteiger partial charge >= 0.3 is 0 Å². The lowest BCUT2D eigenvalue weighted by atomic mass is 9.96. The van der Waals surface area contributed by atoms with Crippen molar-refractivity contribution < 1.29 is 4.79 Å².